The molecule has 3 N–H and O–H groups in total. The van der Waals surface area contributed by atoms with Gasteiger partial charge in [-0.1, -0.05) is 0 Å². The van der Waals surface area contributed by atoms with E-state index in [-0.39, 0.29) is 0 Å². The molecule has 264 valence electrons. The number of aromatic nitrogens is 4. The van der Waals surface area contributed by atoms with Gasteiger partial charge < -0.3 is 30.0 Å². The van der Waals surface area contributed by atoms with Crippen molar-refractivity contribution < 1.29 is 73.6 Å². The van der Waals surface area contributed by atoms with E-state index in [1.54, 1.807) is 0 Å². The number of carboxylic acids is 3. The predicted octanol–water partition coefficient (Wildman–Crippen LogP) is 3.58. The third-order valence-corrected chi connectivity index (χ3v) is 5.74. The molecule has 2 aliphatic rings. The molecule has 0 spiro atoms. The molecule has 0 radical (unpaired) electrons. The standard InChI is InChI=1S/C18H24FN7.3C2HF3O2/c1-24(2)16-14-5-9-26(17-20-11-13(19)12-21-17)10-6-15(14)22-18(23-16)25-7-3-4-8-25;3*3-2(4,5)1(6)7/h11-12H,3-10H2,1-2H3;3*(H,6,7). The van der Waals surface area contributed by atoms with Gasteiger partial charge in [0.25, 0.3) is 0 Å². The Morgan fingerprint density at radius 2 is 1.06 bits per heavy atom. The number of alkyl halides is 9. The zero-order chi connectivity index (χ0) is 36.3. The zero-order valence-corrected chi connectivity index (χ0v) is 24.3. The highest BCUT2D eigenvalue weighted by Crippen LogP contribution is 2.28. The highest BCUT2D eigenvalue weighted by atomic mass is 19.4. The van der Waals surface area contributed by atoms with Crippen LogP contribution in [0.3, 0.4) is 0 Å². The van der Waals surface area contributed by atoms with Crippen LogP contribution in [0.1, 0.15) is 24.1 Å². The summed E-state index contributed by atoms with van der Waals surface area (Å²) in [6.45, 7) is 3.59. The van der Waals surface area contributed by atoms with Gasteiger partial charge in [0.1, 0.15) is 5.82 Å². The minimum absolute atomic E-state index is 0.414. The van der Waals surface area contributed by atoms with Gasteiger partial charge in [0.15, 0.2) is 5.82 Å². The molecule has 4 heterocycles. The number of halogens is 10. The lowest BCUT2D eigenvalue weighted by molar-refractivity contribution is -0.193. The second-order valence-electron chi connectivity index (χ2n) is 9.46. The summed E-state index contributed by atoms with van der Waals surface area (Å²) in [4.78, 5) is 51.2. The van der Waals surface area contributed by atoms with Gasteiger partial charge in [0, 0.05) is 52.3 Å². The molecule has 0 saturated carbocycles. The number of hydrogen-bond acceptors (Lipinski definition) is 10. The van der Waals surface area contributed by atoms with Crippen molar-refractivity contribution >= 4 is 35.6 Å². The van der Waals surface area contributed by atoms with Crippen LogP contribution >= 0.6 is 0 Å². The van der Waals surface area contributed by atoms with E-state index in [2.05, 4.69) is 24.7 Å². The summed E-state index contributed by atoms with van der Waals surface area (Å²) < 4.78 is 108. The van der Waals surface area contributed by atoms with Gasteiger partial charge in [0.2, 0.25) is 11.9 Å². The van der Waals surface area contributed by atoms with Crippen LogP contribution in [0.25, 0.3) is 0 Å². The molecule has 0 aromatic carbocycles. The number of carboxylic acid groups (broad SMARTS) is 3. The molecule has 0 bridgehead atoms. The molecular formula is C24H27F10N7O6. The molecule has 2 aromatic rings. The van der Waals surface area contributed by atoms with E-state index < -0.39 is 42.3 Å². The van der Waals surface area contributed by atoms with Crippen LogP contribution in [0.4, 0.5) is 61.6 Å². The Morgan fingerprint density at radius 3 is 1.45 bits per heavy atom. The van der Waals surface area contributed by atoms with Gasteiger partial charge in [-0.2, -0.15) is 44.5 Å². The first-order chi connectivity index (χ1) is 21.4. The van der Waals surface area contributed by atoms with Crippen LogP contribution in [0, 0.1) is 5.82 Å². The number of anilines is 3. The zero-order valence-electron chi connectivity index (χ0n) is 24.3. The highest BCUT2D eigenvalue weighted by Gasteiger charge is 2.39. The fourth-order valence-electron chi connectivity index (χ4n) is 3.66. The maximum atomic E-state index is 13.1. The van der Waals surface area contributed by atoms with Crippen molar-refractivity contribution in [1.29, 1.82) is 0 Å². The van der Waals surface area contributed by atoms with Crippen LogP contribution in [0.5, 0.6) is 0 Å². The van der Waals surface area contributed by atoms with E-state index >= 15 is 0 Å². The first kappa shape index (κ1) is 40.3. The molecule has 4 rings (SSSR count). The van der Waals surface area contributed by atoms with Gasteiger partial charge in [-0.25, -0.2) is 33.7 Å². The van der Waals surface area contributed by atoms with Crippen molar-refractivity contribution in [2.75, 3.05) is 55.0 Å². The fraction of sp³-hybridized carbons (Fsp3) is 0.542. The number of rotatable bonds is 3. The summed E-state index contributed by atoms with van der Waals surface area (Å²) in [6.07, 6.45) is -8.78. The number of nitrogens with zero attached hydrogens (tertiary/aromatic N) is 7. The molecule has 2 aromatic heterocycles. The molecule has 47 heavy (non-hydrogen) atoms. The van der Waals surface area contributed by atoms with Crippen molar-refractivity contribution in [3.05, 3.63) is 29.5 Å². The monoisotopic (exact) mass is 699 g/mol. The van der Waals surface area contributed by atoms with Gasteiger partial charge in [0.05, 0.1) is 18.1 Å². The van der Waals surface area contributed by atoms with E-state index in [1.165, 1.54) is 30.8 Å². The minimum Gasteiger partial charge on any atom is -0.475 e. The topological polar surface area (TPSA) is 173 Å². The van der Waals surface area contributed by atoms with Crippen molar-refractivity contribution in [1.82, 2.24) is 19.9 Å². The summed E-state index contributed by atoms with van der Waals surface area (Å²) in [7, 11) is 4.06. The average Bonchev–Trinajstić information content (AvgIpc) is 3.40. The summed E-state index contributed by atoms with van der Waals surface area (Å²) in [6, 6.07) is 0. The second-order valence-corrected chi connectivity index (χ2v) is 9.46. The molecule has 0 atom stereocenters. The third kappa shape index (κ3) is 13.7. The summed E-state index contributed by atoms with van der Waals surface area (Å²) in [5.41, 5.74) is 2.30. The van der Waals surface area contributed by atoms with Crippen LogP contribution in [-0.4, -0.2) is 112 Å². The van der Waals surface area contributed by atoms with Crippen molar-refractivity contribution in [3.63, 3.8) is 0 Å². The van der Waals surface area contributed by atoms with E-state index in [4.69, 9.17) is 39.7 Å². The van der Waals surface area contributed by atoms with E-state index in [0.29, 0.717) is 5.95 Å². The molecule has 0 unspecified atom stereocenters. The molecule has 0 aliphatic carbocycles. The average molecular weight is 700 g/mol. The number of aliphatic carboxylic acids is 3. The van der Waals surface area contributed by atoms with E-state index in [9.17, 15) is 43.9 Å². The van der Waals surface area contributed by atoms with Crippen LogP contribution in [-0.2, 0) is 27.2 Å². The Bertz CT molecular complexity index is 1290. The fourth-order valence-corrected chi connectivity index (χ4v) is 3.66. The Labute approximate surface area is 258 Å². The van der Waals surface area contributed by atoms with Gasteiger partial charge >= 0.3 is 36.4 Å². The lowest BCUT2D eigenvalue weighted by Crippen LogP contribution is -2.28. The van der Waals surface area contributed by atoms with Crippen molar-refractivity contribution in [2.45, 2.75) is 44.2 Å². The Kier molecular flexibility index (Phi) is 14.3. The maximum absolute atomic E-state index is 13.1. The predicted molar refractivity (Wildman–Crippen MR) is 140 cm³/mol. The molecule has 13 nitrogen and oxygen atoms in total. The minimum atomic E-state index is -5.08. The normalized spacial score (nSPS) is 14.6. The van der Waals surface area contributed by atoms with Crippen LogP contribution in [0.15, 0.2) is 12.4 Å². The van der Waals surface area contributed by atoms with Crippen LogP contribution in [0.2, 0.25) is 0 Å². The molecule has 1 fully saturated rings. The molecule has 1 saturated heterocycles. The number of hydrogen-bond donors (Lipinski definition) is 3. The quantitative estimate of drug-likeness (QED) is 0.398. The highest BCUT2D eigenvalue weighted by molar-refractivity contribution is 5.73. The summed E-state index contributed by atoms with van der Waals surface area (Å²) >= 11 is 0. The van der Waals surface area contributed by atoms with Gasteiger partial charge in [-0.05, 0) is 19.3 Å². The largest absolute Gasteiger partial charge is 0.490 e. The van der Waals surface area contributed by atoms with E-state index in [0.717, 1.165) is 56.5 Å². The lowest BCUT2D eigenvalue weighted by Gasteiger charge is -2.22. The van der Waals surface area contributed by atoms with Crippen molar-refractivity contribution in [2.24, 2.45) is 0 Å². The molecule has 2 aliphatic heterocycles. The number of fused-ring (bicyclic) bond motifs is 1. The van der Waals surface area contributed by atoms with Crippen LogP contribution < -0.4 is 14.7 Å². The third-order valence-electron chi connectivity index (χ3n) is 5.74. The number of carbonyl (C=O) groups is 3. The Balaban J connectivity index is 0.000000430. The van der Waals surface area contributed by atoms with Gasteiger partial charge in [-0.3, -0.25) is 0 Å². The second kappa shape index (κ2) is 16.7. The Hall–Kier alpha value is -4.73. The first-order valence-corrected chi connectivity index (χ1v) is 12.9. The first-order valence-electron chi connectivity index (χ1n) is 12.9. The summed E-state index contributed by atoms with van der Waals surface area (Å²) in [5, 5.41) is 21.4. The van der Waals surface area contributed by atoms with E-state index in [1.807, 2.05) is 14.1 Å². The Morgan fingerprint density at radius 1 is 0.681 bits per heavy atom. The summed E-state index contributed by atoms with van der Waals surface area (Å²) in [5.74, 6) is -6.27. The molecule has 0 amide bonds. The maximum Gasteiger partial charge on any atom is 0.490 e. The smallest absolute Gasteiger partial charge is 0.475 e. The molecular weight excluding hydrogens is 672 g/mol. The molecule has 23 heteroatoms. The van der Waals surface area contributed by atoms with Crippen molar-refractivity contribution in [3.8, 4) is 0 Å². The lowest BCUT2D eigenvalue weighted by atomic mass is 10.1. The SMILES string of the molecule is CN(C)c1nc(N2CCCC2)nc2c1CCN(c1ncc(F)cn1)CC2.O=C(O)C(F)(F)F.O=C(O)C(F)(F)F.O=C(O)C(F)(F)F. The van der Waals surface area contributed by atoms with Gasteiger partial charge in [-0.15, -0.1) is 0 Å².